The number of nitrogens with one attached hydrogen (secondary N) is 1. The number of benzene rings is 1. The highest BCUT2D eigenvalue weighted by atomic mass is 19.1. The van der Waals surface area contributed by atoms with E-state index in [0.29, 0.717) is 18.1 Å². The smallest absolute Gasteiger partial charge is 0.253 e. The first kappa shape index (κ1) is 16.5. The molecule has 7 nitrogen and oxygen atoms in total. The molecule has 0 radical (unpaired) electrons. The van der Waals surface area contributed by atoms with Crippen molar-refractivity contribution in [1.82, 2.24) is 20.2 Å². The zero-order valence-corrected chi connectivity index (χ0v) is 13.9. The van der Waals surface area contributed by atoms with Crippen LogP contribution >= 0.6 is 0 Å². The summed E-state index contributed by atoms with van der Waals surface area (Å²) in [7, 11) is 0. The van der Waals surface area contributed by atoms with Gasteiger partial charge in [0, 0.05) is 12.3 Å². The van der Waals surface area contributed by atoms with Gasteiger partial charge in [-0.2, -0.15) is 0 Å². The average molecular weight is 333 g/mol. The Labute approximate surface area is 139 Å². The van der Waals surface area contributed by atoms with Crippen molar-refractivity contribution in [2.75, 3.05) is 11.9 Å². The van der Waals surface area contributed by atoms with Crippen LogP contribution in [0.4, 0.5) is 10.1 Å². The highest BCUT2D eigenvalue weighted by Crippen LogP contribution is 2.26. The van der Waals surface area contributed by atoms with Gasteiger partial charge in [0.15, 0.2) is 5.82 Å². The number of anilines is 1. The number of carbonyl (C=O) groups excluding carboxylic acids is 1. The molecule has 0 aliphatic carbocycles. The summed E-state index contributed by atoms with van der Waals surface area (Å²) in [5, 5.41) is 14.1. The van der Waals surface area contributed by atoms with Gasteiger partial charge in [-0.05, 0) is 54.8 Å². The van der Waals surface area contributed by atoms with Crippen LogP contribution in [-0.2, 0) is 9.53 Å². The Morgan fingerprint density at radius 1 is 1.46 bits per heavy atom. The first-order valence-electron chi connectivity index (χ1n) is 7.97. The van der Waals surface area contributed by atoms with Crippen LogP contribution in [0.15, 0.2) is 18.2 Å². The predicted octanol–water partition coefficient (Wildman–Crippen LogP) is 2.42. The number of hydrogen-bond donors (Lipinski definition) is 1. The Morgan fingerprint density at radius 3 is 2.88 bits per heavy atom. The third-order valence-corrected chi connectivity index (χ3v) is 4.11. The largest absolute Gasteiger partial charge is 0.368 e. The van der Waals surface area contributed by atoms with Gasteiger partial charge in [-0.15, -0.1) is 5.10 Å². The number of carbonyl (C=O) groups is 1. The molecule has 2 atom stereocenters. The number of amides is 1. The lowest BCUT2D eigenvalue weighted by Crippen LogP contribution is -2.31. The summed E-state index contributed by atoms with van der Waals surface area (Å²) in [4.78, 5) is 12.2. The van der Waals surface area contributed by atoms with Gasteiger partial charge in [0.2, 0.25) is 0 Å². The number of aromatic nitrogens is 4. The number of nitrogens with zero attached hydrogens (tertiary/aromatic N) is 4. The summed E-state index contributed by atoms with van der Waals surface area (Å²) >= 11 is 0. The molecule has 1 aliphatic heterocycles. The van der Waals surface area contributed by atoms with Gasteiger partial charge >= 0.3 is 0 Å². The molecule has 0 bridgehead atoms. The Kier molecular flexibility index (Phi) is 4.57. The van der Waals surface area contributed by atoms with Crippen molar-refractivity contribution in [2.24, 2.45) is 5.92 Å². The topological polar surface area (TPSA) is 81.9 Å². The molecule has 2 aromatic rings. The quantitative estimate of drug-likeness (QED) is 0.929. The zero-order valence-electron chi connectivity index (χ0n) is 13.9. The lowest BCUT2D eigenvalue weighted by atomic mass is 10.0. The van der Waals surface area contributed by atoms with E-state index in [-0.39, 0.29) is 23.4 Å². The summed E-state index contributed by atoms with van der Waals surface area (Å²) < 4.78 is 21.4. The third-order valence-electron chi connectivity index (χ3n) is 4.11. The van der Waals surface area contributed by atoms with E-state index < -0.39 is 11.9 Å². The van der Waals surface area contributed by atoms with Gasteiger partial charge in [0.25, 0.3) is 5.91 Å². The maximum absolute atomic E-state index is 14.5. The van der Waals surface area contributed by atoms with Crippen LogP contribution in [0.3, 0.4) is 0 Å². The maximum Gasteiger partial charge on any atom is 0.253 e. The summed E-state index contributed by atoms with van der Waals surface area (Å²) in [6.45, 7) is 6.36. The zero-order chi connectivity index (χ0) is 17.3. The molecule has 8 heteroatoms. The van der Waals surface area contributed by atoms with Crippen molar-refractivity contribution in [3.63, 3.8) is 0 Å². The Hall–Kier alpha value is -2.35. The van der Waals surface area contributed by atoms with E-state index in [9.17, 15) is 9.18 Å². The van der Waals surface area contributed by atoms with Crippen LogP contribution in [0.5, 0.6) is 0 Å². The fourth-order valence-corrected chi connectivity index (χ4v) is 2.74. The summed E-state index contributed by atoms with van der Waals surface area (Å²) in [5.74, 6) is -0.234. The molecule has 1 fully saturated rings. The molecule has 0 spiro atoms. The number of hydrogen-bond acceptors (Lipinski definition) is 5. The minimum absolute atomic E-state index is 0.00906. The summed E-state index contributed by atoms with van der Waals surface area (Å²) in [6, 6.07) is 4.48. The van der Waals surface area contributed by atoms with Crippen molar-refractivity contribution in [1.29, 1.82) is 0 Å². The monoisotopic (exact) mass is 333 g/mol. The SMILES string of the molecule is CC(C)n1nnnc1-c1ccc(NC(=O)[C@@H]2OCC[C@@H]2C)cc1F. The number of rotatable bonds is 4. The fourth-order valence-electron chi connectivity index (χ4n) is 2.74. The molecule has 128 valence electrons. The highest BCUT2D eigenvalue weighted by molar-refractivity contribution is 5.94. The minimum atomic E-state index is -0.495. The van der Waals surface area contributed by atoms with Crippen molar-refractivity contribution in [3.8, 4) is 11.4 Å². The molecule has 2 heterocycles. The second-order valence-electron chi connectivity index (χ2n) is 6.28. The normalized spacial score (nSPS) is 20.5. The fraction of sp³-hybridized carbons (Fsp3) is 0.500. The third kappa shape index (κ3) is 3.14. The van der Waals surface area contributed by atoms with E-state index in [1.54, 1.807) is 16.8 Å². The highest BCUT2D eigenvalue weighted by Gasteiger charge is 2.31. The van der Waals surface area contributed by atoms with E-state index in [0.717, 1.165) is 6.42 Å². The van der Waals surface area contributed by atoms with Crippen LogP contribution in [-0.4, -0.2) is 38.8 Å². The van der Waals surface area contributed by atoms with E-state index in [4.69, 9.17) is 4.74 Å². The molecule has 1 aliphatic rings. The number of tetrazole rings is 1. The average Bonchev–Trinajstić information content (AvgIpc) is 3.16. The maximum atomic E-state index is 14.5. The van der Waals surface area contributed by atoms with Crippen LogP contribution < -0.4 is 5.32 Å². The standard InChI is InChI=1S/C16H20FN5O2/c1-9(2)22-15(19-20-21-22)12-5-4-11(8-13(12)17)18-16(23)14-10(3)6-7-24-14/h4-5,8-10,14H,6-7H2,1-3H3,(H,18,23)/t10-,14+/m0/s1. The van der Waals surface area contributed by atoms with Crippen molar-refractivity contribution < 1.29 is 13.9 Å². The Morgan fingerprint density at radius 2 is 2.25 bits per heavy atom. The van der Waals surface area contributed by atoms with Gasteiger partial charge in [-0.1, -0.05) is 6.92 Å². The lowest BCUT2D eigenvalue weighted by Gasteiger charge is -2.15. The number of halogens is 1. The van der Waals surface area contributed by atoms with Gasteiger partial charge < -0.3 is 10.1 Å². The Balaban J connectivity index is 1.80. The second kappa shape index (κ2) is 6.64. The van der Waals surface area contributed by atoms with Crippen LogP contribution in [0.2, 0.25) is 0 Å². The molecule has 1 saturated heterocycles. The minimum Gasteiger partial charge on any atom is -0.368 e. The molecule has 1 aromatic heterocycles. The second-order valence-corrected chi connectivity index (χ2v) is 6.28. The van der Waals surface area contributed by atoms with E-state index in [2.05, 4.69) is 20.8 Å². The van der Waals surface area contributed by atoms with Crippen molar-refractivity contribution in [2.45, 2.75) is 39.3 Å². The van der Waals surface area contributed by atoms with Gasteiger partial charge in [0.1, 0.15) is 11.9 Å². The molecule has 1 aromatic carbocycles. The van der Waals surface area contributed by atoms with E-state index in [1.165, 1.54) is 6.07 Å². The first-order chi connectivity index (χ1) is 11.5. The molecule has 0 unspecified atom stereocenters. The number of ether oxygens (including phenoxy) is 1. The summed E-state index contributed by atoms with van der Waals surface area (Å²) in [6.07, 6.45) is 0.365. The summed E-state index contributed by atoms with van der Waals surface area (Å²) in [5.41, 5.74) is 0.671. The molecule has 1 amide bonds. The molecule has 24 heavy (non-hydrogen) atoms. The van der Waals surface area contributed by atoms with E-state index in [1.807, 2.05) is 20.8 Å². The first-order valence-corrected chi connectivity index (χ1v) is 7.97. The molecule has 1 N–H and O–H groups in total. The van der Waals surface area contributed by atoms with Crippen molar-refractivity contribution >= 4 is 11.6 Å². The molecule has 0 saturated carbocycles. The molecular formula is C16H20FN5O2. The van der Waals surface area contributed by atoms with E-state index >= 15 is 0 Å². The van der Waals surface area contributed by atoms with Gasteiger partial charge in [-0.25, -0.2) is 9.07 Å². The molecular weight excluding hydrogens is 313 g/mol. The Bertz CT molecular complexity index is 746. The molecule has 3 rings (SSSR count). The van der Waals surface area contributed by atoms with Crippen LogP contribution in [0, 0.1) is 11.7 Å². The van der Waals surface area contributed by atoms with Crippen molar-refractivity contribution in [3.05, 3.63) is 24.0 Å². The predicted molar refractivity (Wildman–Crippen MR) is 85.7 cm³/mol. The van der Waals surface area contributed by atoms with Crippen LogP contribution in [0.25, 0.3) is 11.4 Å². The van der Waals surface area contributed by atoms with Gasteiger partial charge in [0.05, 0.1) is 11.6 Å². The lowest BCUT2D eigenvalue weighted by molar-refractivity contribution is -0.126. The van der Waals surface area contributed by atoms with Gasteiger partial charge in [-0.3, -0.25) is 4.79 Å². The van der Waals surface area contributed by atoms with Crippen LogP contribution in [0.1, 0.15) is 33.2 Å².